The molecule has 2 aliphatic heterocycles. The minimum absolute atomic E-state index is 0.00360. The number of thioether (sulfide) groups is 1. The fourth-order valence-electron chi connectivity index (χ4n) is 3.94. The lowest BCUT2D eigenvalue weighted by Crippen LogP contribution is -3.08. The van der Waals surface area contributed by atoms with Crippen LogP contribution in [0.1, 0.15) is 43.5 Å². The molecule has 1 aromatic heterocycles. The fraction of sp³-hybridized carbons (Fsp3) is 0.550. The quantitative estimate of drug-likeness (QED) is 0.745. The Bertz CT molecular complexity index is 767. The minimum Gasteiger partial charge on any atom is -0.331 e. The molecule has 6 nitrogen and oxygen atoms in total. The lowest BCUT2D eigenvalue weighted by atomic mass is 10.2. The number of nitrogens with one attached hydrogen (secondary N) is 2. The largest absolute Gasteiger partial charge is 0.331 e. The van der Waals surface area contributed by atoms with Crippen LogP contribution in [0.5, 0.6) is 0 Å². The van der Waals surface area contributed by atoms with E-state index in [4.69, 9.17) is 0 Å². The number of carbonyl (C=O) groups excluding carboxylic acids is 1. The fourth-order valence-corrected chi connectivity index (χ4v) is 4.72. The summed E-state index contributed by atoms with van der Waals surface area (Å²) in [5.41, 5.74) is 2.20. The highest BCUT2D eigenvalue weighted by Gasteiger charge is 2.17. The molecule has 0 bridgehead atoms. The van der Waals surface area contributed by atoms with E-state index in [1.165, 1.54) is 56.1 Å². The summed E-state index contributed by atoms with van der Waals surface area (Å²) in [5, 5.41) is 12.4. The molecule has 7 heteroatoms. The Morgan fingerprint density at radius 1 is 1.07 bits per heavy atom. The van der Waals surface area contributed by atoms with Gasteiger partial charge in [-0.25, -0.2) is 0 Å². The topological polar surface area (TPSA) is 64.2 Å². The van der Waals surface area contributed by atoms with Crippen LogP contribution in [0.15, 0.2) is 29.4 Å². The highest BCUT2D eigenvalue weighted by atomic mass is 32.2. The first kappa shape index (κ1) is 18.5. The maximum Gasteiger partial charge on any atom is 0.234 e. The van der Waals surface area contributed by atoms with Gasteiger partial charge in [-0.05, 0) is 25.0 Å². The maximum atomic E-state index is 12.3. The van der Waals surface area contributed by atoms with Crippen LogP contribution in [0, 0.1) is 0 Å². The third-order valence-corrected chi connectivity index (χ3v) is 6.38. The van der Waals surface area contributed by atoms with E-state index in [2.05, 4.69) is 32.2 Å². The second-order valence-electron chi connectivity index (χ2n) is 7.53. The molecular formula is C20H28N5OS+. The van der Waals surface area contributed by atoms with Crippen LogP contribution in [0.3, 0.4) is 0 Å². The number of benzene rings is 1. The summed E-state index contributed by atoms with van der Waals surface area (Å²) < 4.78 is 2.18. The third kappa shape index (κ3) is 4.90. The Balaban J connectivity index is 1.27. The normalized spacial score (nSPS) is 17.5. The summed E-state index contributed by atoms with van der Waals surface area (Å²) >= 11 is 1.48. The summed E-state index contributed by atoms with van der Waals surface area (Å²) in [5.74, 6) is 1.42. The molecule has 0 spiro atoms. The predicted molar refractivity (Wildman–Crippen MR) is 107 cm³/mol. The van der Waals surface area contributed by atoms with Gasteiger partial charge in [0.05, 0.1) is 18.8 Å². The van der Waals surface area contributed by atoms with Gasteiger partial charge in [0, 0.05) is 37.1 Å². The van der Waals surface area contributed by atoms with Crippen molar-refractivity contribution in [2.24, 2.45) is 0 Å². The highest BCUT2D eigenvalue weighted by molar-refractivity contribution is 7.99. The van der Waals surface area contributed by atoms with Crippen molar-refractivity contribution in [1.29, 1.82) is 0 Å². The molecule has 2 aliphatic rings. The van der Waals surface area contributed by atoms with Crippen LogP contribution in [0.4, 0.5) is 5.69 Å². The molecule has 4 rings (SSSR count). The zero-order valence-electron chi connectivity index (χ0n) is 15.7. The molecule has 1 amide bonds. The number of aromatic nitrogens is 3. The third-order valence-electron chi connectivity index (χ3n) is 5.41. The van der Waals surface area contributed by atoms with Crippen LogP contribution < -0.4 is 10.2 Å². The Kier molecular flexibility index (Phi) is 6.09. The van der Waals surface area contributed by atoms with Crippen LogP contribution in [-0.4, -0.2) is 39.5 Å². The summed E-state index contributed by atoms with van der Waals surface area (Å²) in [6.45, 7) is 4.61. The number of likely N-dealkylation sites (tertiary alicyclic amines) is 1. The molecule has 27 heavy (non-hydrogen) atoms. The number of hydrogen-bond acceptors (Lipinski definition) is 4. The molecule has 1 saturated heterocycles. The van der Waals surface area contributed by atoms with Crippen LogP contribution in [0.2, 0.25) is 0 Å². The van der Waals surface area contributed by atoms with E-state index in [9.17, 15) is 4.79 Å². The number of aryl methyl sites for hydroxylation is 1. The van der Waals surface area contributed by atoms with Gasteiger partial charge in [-0.3, -0.25) is 4.79 Å². The molecule has 0 radical (unpaired) electrons. The van der Waals surface area contributed by atoms with Crippen LogP contribution in [0.25, 0.3) is 0 Å². The number of hydrogen-bond donors (Lipinski definition) is 2. The van der Waals surface area contributed by atoms with Crippen LogP contribution in [-0.2, 0) is 24.3 Å². The number of anilines is 1. The first-order valence-electron chi connectivity index (χ1n) is 10.1. The maximum absolute atomic E-state index is 12.3. The first-order chi connectivity index (χ1) is 13.3. The van der Waals surface area contributed by atoms with Gasteiger partial charge < -0.3 is 14.8 Å². The Morgan fingerprint density at radius 3 is 2.70 bits per heavy atom. The van der Waals surface area contributed by atoms with Crippen molar-refractivity contribution in [1.82, 2.24) is 14.8 Å². The van der Waals surface area contributed by atoms with Crippen molar-refractivity contribution in [3.63, 3.8) is 0 Å². The SMILES string of the molecule is O=C(CSc1nnc2n1CCCCC2)Nc1ccc(C[NH+]2CCCC2)cc1. The van der Waals surface area contributed by atoms with Crippen molar-refractivity contribution in [2.45, 2.75) is 56.8 Å². The zero-order valence-corrected chi connectivity index (χ0v) is 16.6. The molecular weight excluding hydrogens is 358 g/mol. The molecule has 1 aromatic carbocycles. The average Bonchev–Trinajstić information content (AvgIpc) is 3.26. The first-order valence-corrected chi connectivity index (χ1v) is 11.0. The van der Waals surface area contributed by atoms with E-state index in [0.29, 0.717) is 5.75 Å². The van der Waals surface area contributed by atoms with E-state index < -0.39 is 0 Å². The van der Waals surface area contributed by atoms with E-state index in [1.807, 2.05) is 12.1 Å². The molecule has 2 N–H and O–H groups in total. The van der Waals surface area contributed by atoms with E-state index >= 15 is 0 Å². The molecule has 0 unspecified atom stereocenters. The monoisotopic (exact) mass is 386 g/mol. The van der Waals surface area contributed by atoms with Crippen molar-refractivity contribution < 1.29 is 9.69 Å². The lowest BCUT2D eigenvalue weighted by molar-refractivity contribution is -0.901. The van der Waals surface area contributed by atoms with Gasteiger partial charge in [-0.15, -0.1) is 10.2 Å². The van der Waals surface area contributed by atoms with E-state index in [0.717, 1.165) is 42.6 Å². The smallest absolute Gasteiger partial charge is 0.234 e. The van der Waals surface area contributed by atoms with Gasteiger partial charge in [-0.1, -0.05) is 30.3 Å². The van der Waals surface area contributed by atoms with Gasteiger partial charge in [0.2, 0.25) is 5.91 Å². The van der Waals surface area contributed by atoms with Crippen molar-refractivity contribution >= 4 is 23.4 Å². The number of quaternary nitrogens is 1. The number of rotatable bonds is 6. The van der Waals surface area contributed by atoms with Gasteiger partial charge in [0.25, 0.3) is 0 Å². The number of carbonyl (C=O) groups is 1. The molecule has 2 aromatic rings. The molecule has 1 fully saturated rings. The van der Waals surface area contributed by atoms with Crippen molar-refractivity contribution in [2.75, 3.05) is 24.2 Å². The summed E-state index contributed by atoms with van der Waals surface area (Å²) in [4.78, 5) is 14.0. The van der Waals surface area contributed by atoms with Gasteiger partial charge in [0.1, 0.15) is 12.4 Å². The molecule has 0 atom stereocenters. The predicted octanol–water partition coefficient (Wildman–Crippen LogP) is 1.91. The summed E-state index contributed by atoms with van der Waals surface area (Å²) in [6, 6.07) is 8.28. The lowest BCUT2D eigenvalue weighted by Gasteiger charge is -2.12. The van der Waals surface area contributed by atoms with E-state index in [-0.39, 0.29) is 5.91 Å². The Hall–Kier alpha value is -1.86. The van der Waals surface area contributed by atoms with Gasteiger partial charge in [0.15, 0.2) is 5.16 Å². The zero-order chi connectivity index (χ0) is 18.5. The van der Waals surface area contributed by atoms with Gasteiger partial charge in [-0.2, -0.15) is 0 Å². The summed E-state index contributed by atoms with van der Waals surface area (Å²) in [6.07, 6.45) is 7.26. The molecule has 144 valence electrons. The second kappa shape index (κ2) is 8.89. The standard InChI is InChI=1S/C20H27N5OS/c26-19(15-27-20-23-22-18-6-2-1-3-13-25(18)20)21-17-9-7-16(8-10-17)14-24-11-4-5-12-24/h7-10H,1-6,11-15H2,(H,21,26)/p+1. The van der Waals surface area contributed by atoms with E-state index in [1.54, 1.807) is 4.90 Å². The second-order valence-corrected chi connectivity index (χ2v) is 8.47. The minimum atomic E-state index is 0.00360. The Labute approximate surface area is 164 Å². The van der Waals surface area contributed by atoms with Crippen LogP contribution >= 0.6 is 11.8 Å². The number of nitrogens with zero attached hydrogens (tertiary/aromatic N) is 3. The Morgan fingerprint density at radius 2 is 1.89 bits per heavy atom. The molecule has 3 heterocycles. The van der Waals surface area contributed by atoms with Gasteiger partial charge >= 0.3 is 0 Å². The number of fused-ring (bicyclic) bond motifs is 1. The summed E-state index contributed by atoms with van der Waals surface area (Å²) in [7, 11) is 0. The van der Waals surface area contributed by atoms with Crippen molar-refractivity contribution in [3.05, 3.63) is 35.7 Å². The average molecular weight is 387 g/mol. The molecule has 0 aliphatic carbocycles. The number of amides is 1. The molecule has 0 saturated carbocycles. The van der Waals surface area contributed by atoms with Crippen molar-refractivity contribution in [3.8, 4) is 0 Å². The highest BCUT2D eigenvalue weighted by Crippen LogP contribution is 2.22.